The molecule has 0 aliphatic carbocycles. The fourth-order valence-electron chi connectivity index (χ4n) is 0.132. The molecule has 8 heteroatoms. The quantitative estimate of drug-likeness (QED) is 0.727. The van der Waals surface area contributed by atoms with E-state index in [0.717, 1.165) is 0 Å². The molecule has 13 heavy (non-hydrogen) atoms. The Labute approximate surface area is 82.1 Å². The molecule has 2 N–H and O–H groups in total. The highest BCUT2D eigenvalue weighted by molar-refractivity contribution is 6.44. The number of alkyl halides is 5. The minimum atomic E-state index is -4.40. The minimum Gasteiger partial charge on any atom is -0.481 e. The first kappa shape index (κ1) is 15.3. The molecule has 0 bridgehead atoms. The van der Waals surface area contributed by atoms with Crippen molar-refractivity contribution >= 4 is 29.2 Å². The van der Waals surface area contributed by atoms with E-state index in [2.05, 4.69) is 0 Å². The van der Waals surface area contributed by atoms with Gasteiger partial charge in [-0.05, 0) is 0 Å². The Hall–Kier alpha value is -0.200. The number of rotatable bonds is 2. The first-order chi connectivity index (χ1) is 5.69. The lowest BCUT2D eigenvalue weighted by atomic mass is 10.5. The van der Waals surface area contributed by atoms with Gasteiger partial charge in [0, 0.05) is 0 Å². The van der Waals surface area contributed by atoms with Crippen molar-refractivity contribution in [2.24, 2.45) is 0 Å². The summed E-state index contributed by atoms with van der Waals surface area (Å²) in [5.74, 6) is -0.977. The molecule has 0 amide bonds. The van der Waals surface area contributed by atoms with E-state index in [1.165, 1.54) is 0 Å². The lowest BCUT2D eigenvalue weighted by molar-refractivity contribution is -0.159. The van der Waals surface area contributed by atoms with Gasteiger partial charge in [-0.2, -0.15) is 13.2 Å². The third-order valence-electron chi connectivity index (χ3n) is 0.508. The van der Waals surface area contributed by atoms with Gasteiger partial charge in [0.2, 0.25) is 0 Å². The molecule has 0 saturated carbocycles. The second kappa shape index (κ2) is 7.23. The molecule has 0 aromatic rings. The zero-order valence-electron chi connectivity index (χ0n) is 6.18. The summed E-state index contributed by atoms with van der Waals surface area (Å²) in [6, 6.07) is 0. The summed E-state index contributed by atoms with van der Waals surface area (Å²) < 4.78 is 31.6. The Morgan fingerprint density at radius 2 is 1.69 bits per heavy atom. The van der Waals surface area contributed by atoms with Crippen LogP contribution < -0.4 is 0 Å². The van der Waals surface area contributed by atoms with Crippen LogP contribution in [-0.2, 0) is 4.79 Å². The number of aliphatic hydroxyl groups excluding tert-OH is 1. The number of aliphatic hydroxyl groups is 1. The van der Waals surface area contributed by atoms with Gasteiger partial charge in [-0.25, -0.2) is 0 Å². The number of carboxylic acid groups (broad SMARTS) is 1. The van der Waals surface area contributed by atoms with Gasteiger partial charge < -0.3 is 10.2 Å². The summed E-state index contributed by atoms with van der Waals surface area (Å²) in [5, 5.41) is 15.2. The zero-order chi connectivity index (χ0) is 11.1. The lowest BCUT2D eigenvalue weighted by Crippen LogP contribution is -2.12. The summed E-state index contributed by atoms with van der Waals surface area (Å²) in [7, 11) is 0. The third-order valence-corrected chi connectivity index (χ3v) is 0.817. The van der Waals surface area contributed by atoms with E-state index in [0.29, 0.717) is 0 Å². The highest BCUT2D eigenvalue weighted by Crippen LogP contribution is 2.11. The molecule has 0 heterocycles. The highest BCUT2D eigenvalue weighted by Gasteiger charge is 2.24. The van der Waals surface area contributed by atoms with Crippen molar-refractivity contribution in [3.8, 4) is 0 Å². The van der Waals surface area contributed by atoms with Crippen LogP contribution in [0.3, 0.4) is 0 Å². The van der Waals surface area contributed by atoms with Gasteiger partial charge in [0.1, 0.15) is 11.4 Å². The van der Waals surface area contributed by atoms with Crippen molar-refractivity contribution in [1.29, 1.82) is 0 Å². The van der Waals surface area contributed by atoms with Gasteiger partial charge in [0.15, 0.2) is 0 Å². The molecule has 0 aromatic heterocycles. The van der Waals surface area contributed by atoms with E-state index in [1.807, 2.05) is 0 Å². The molecule has 0 atom stereocenters. The molecule has 0 aliphatic heterocycles. The summed E-state index contributed by atoms with van der Waals surface area (Å²) in [5.41, 5.74) is 0. The SMILES string of the molecule is O=C(O)CC(Cl)Cl.OCC(F)(F)F. The molecule has 3 nitrogen and oxygen atoms in total. The highest BCUT2D eigenvalue weighted by atomic mass is 35.5. The summed E-state index contributed by atoms with van der Waals surface area (Å²) in [6.07, 6.45) is -4.59. The maximum absolute atomic E-state index is 10.5. The van der Waals surface area contributed by atoms with E-state index in [4.69, 9.17) is 33.4 Å². The van der Waals surface area contributed by atoms with Crippen LogP contribution in [-0.4, -0.2) is 33.8 Å². The Balaban J connectivity index is 0. The molecular weight excluding hydrogens is 236 g/mol. The monoisotopic (exact) mass is 242 g/mol. The molecule has 0 saturated heterocycles. The number of hydrogen-bond donors (Lipinski definition) is 2. The Bertz CT molecular complexity index is 148. The van der Waals surface area contributed by atoms with E-state index in [1.54, 1.807) is 0 Å². The summed E-state index contributed by atoms with van der Waals surface area (Å²) in [6.45, 7) is -1.73. The Morgan fingerprint density at radius 3 is 1.69 bits per heavy atom. The molecule has 0 spiro atoms. The number of halogens is 5. The first-order valence-electron chi connectivity index (χ1n) is 2.86. The number of aliphatic carboxylic acids is 1. The van der Waals surface area contributed by atoms with Gasteiger partial charge in [-0.3, -0.25) is 4.79 Å². The predicted octanol–water partition coefficient (Wildman–Crippen LogP) is 1.81. The van der Waals surface area contributed by atoms with E-state index < -0.39 is 23.6 Å². The van der Waals surface area contributed by atoms with Gasteiger partial charge >= 0.3 is 12.1 Å². The fourth-order valence-corrected chi connectivity index (χ4v) is 0.396. The van der Waals surface area contributed by atoms with Crippen LogP contribution in [0.4, 0.5) is 13.2 Å². The van der Waals surface area contributed by atoms with Crippen molar-refractivity contribution in [1.82, 2.24) is 0 Å². The number of carbonyl (C=O) groups is 1. The Morgan fingerprint density at radius 1 is 1.38 bits per heavy atom. The molecule has 0 rings (SSSR count). The third kappa shape index (κ3) is 24.5. The average molecular weight is 243 g/mol. The number of hydrogen-bond acceptors (Lipinski definition) is 2. The van der Waals surface area contributed by atoms with Crippen LogP contribution in [0.25, 0.3) is 0 Å². The largest absolute Gasteiger partial charge is 0.481 e. The van der Waals surface area contributed by atoms with Crippen molar-refractivity contribution < 1.29 is 28.2 Å². The maximum Gasteiger partial charge on any atom is 0.411 e. The molecule has 80 valence electrons. The van der Waals surface area contributed by atoms with Crippen LogP contribution >= 0.6 is 23.2 Å². The first-order valence-corrected chi connectivity index (χ1v) is 3.74. The van der Waals surface area contributed by atoms with Gasteiger partial charge in [-0.1, -0.05) is 0 Å². The molecule has 0 unspecified atom stereocenters. The van der Waals surface area contributed by atoms with Crippen LogP contribution in [0.1, 0.15) is 6.42 Å². The van der Waals surface area contributed by atoms with Crippen molar-refractivity contribution in [2.75, 3.05) is 6.61 Å². The zero-order valence-corrected chi connectivity index (χ0v) is 7.70. The molecular formula is C5H7Cl2F3O3. The fraction of sp³-hybridized carbons (Fsp3) is 0.800. The second-order valence-corrected chi connectivity index (χ2v) is 3.04. The lowest BCUT2D eigenvalue weighted by Gasteiger charge is -1.95. The molecule has 0 radical (unpaired) electrons. The van der Waals surface area contributed by atoms with Crippen molar-refractivity contribution in [3.05, 3.63) is 0 Å². The number of carboxylic acids is 1. The molecule has 0 aliphatic rings. The normalized spacial score (nSPS) is 10.7. The maximum atomic E-state index is 10.5. The van der Waals surface area contributed by atoms with Gasteiger partial charge in [-0.15, -0.1) is 23.2 Å². The van der Waals surface area contributed by atoms with Crippen LogP contribution in [0.5, 0.6) is 0 Å². The van der Waals surface area contributed by atoms with Gasteiger partial charge in [0.05, 0.1) is 6.42 Å². The summed E-state index contributed by atoms with van der Waals surface area (Å²) >= 11 is 10.1. The molecule has 0 aromatic carbocycles. The topological polar surface area (TPSA) is 57.5 Å². The standard InChI is InChI=1S/C3H4Cl2O2.C2H3F3O/c4-2(5)1-3(6)7;3-2(4,5)1-6/h2H,1H2,(H,6,7);6H,1H2. The smallest absolute Gasteiger partial charge is 0.411 e. The van der Waals surface area contributed by atoms with Gasteiger partial charge in [0.25, 0.3) is 0 Å². The van der Waals surface area contributed by atoms with Crippen molar-refractivity contribution in [2.45, 2.75) is 17.4 Å². The second-order valence-electron chi connectivity index (χ2n) is 1.76. The van der Waals surface area contributed by atoms with E-state index in [-0.39, 0.29) is 6.42 Å². The van der Waals surface area contributed by atoms with E-state index in [9.17, 15) is 18.0 Å². The minimum absolute atomic E-state index is 0.191. The predicted molar refractivity (Wildman–Crippen MR) is 40.9 cm³/mol. The summed E-state index contributed by atoms with van der Waals surface area (Å²) in [4.78, 5) is 8.86. The average Bonchev–Trinajstić information content (AvgIpc) is 1.84. The molecule has 0 fully saturated rings. The Kier molecular flexibility index (Phi) is 8.49. The van der Waals surface area contributed by atoms with Crippen LogP contribution in [0.15, 0.2) is 0 Å². The van der Waals surface area contributed by atoms with Crippen molar-refractivity contribution in [3.63, 3.8) is 0 Å². The van der Waals surface area contributed by atoms with E-state index >= 15 is 0 Å². The van der Waals surface area contributed by atoms with Crippen LogP contribution in [0, 0.1) is 0 Å². The van der Waals surface area contributed by atoms with Crippen LogP contribution in [0.2, 0.25) is 0 Å².